The van der Waals surface area contributed by atoms with Crippen LogP contribution in [-0.2, 0) is 16.1 Å². The third-order valence-corrected chi connectivity index (χ3v) is 3.32. The molecule has 0 saturated carbocycles. The van der Waals surface area contributed by atoms with Crippen molar-refractivity contribution >= 4 is 28.3 Å². The van der Waals surface area contributed by atoms with Gasteiger partial charge >= 0.3 is 11.8 Å². The lowest BCUT2D eigenvalue weighted by Gasteiger charge is -2.32. The average Bonchev–Trinajstić information content (AvgIpc) is 2.71. The summed E-state index contributed by atoms with van der Waals surface area (Å²) in [6.45, 7) is 3.81. The number of hydrogen-bond acceptors (Lipinski definition) is 6. The quantitative estimate of drug-likeness (QED) is 0.722. The van der Waals surface area contributed by atoms with Crippen molar-refractivity contribution < 1.29 is 9.59 Å². The van der Waals surface area contributed by atoms with Gasteiger partial charge < -0.3 is 15.5 Å². The first-order chi connectivity index (χ1) is 8.11. The largest absolute Gasteiger partial charge is 0.374 e. The molecule has 0 atom stereocenters. The number of nitrogen functional groups attached to an aromatic ring is 1. The van der Waals surface area contributed by atoms with Crippen molar-refractivity contribution in [3.8, 4) is 0 Å². The predicted molar refractivity (Wildman–Crippen MR) is 62.0 cm³/mol. The molecule has 17 heavy (non-hydrogen) atoms. The minimum Gasteiger partial charge on any atom is -0.374 e. The molecule has 92 valence electrons. The fourth-order valence-corrected chi connectivity index (χ4v) is 2.29. The summed E-state index contributed by atoms with van der Waals surface area (Å²) in [4.78, 5) is 26.4. The van der Waals surface area contributed by atoms with Gasteiger partial charge in [-0.25, -0.2) is 0 Å². The number of likely N-dealkylation sites (N-methyl/N-ethyl adjacent to an activating group) is 1. The first kappa shape index (κ1) is 11.8. The lowest BCUT2D eigenvalue weighted by molar-refractivity contribution is -0.156. The molecule has 1 aromatic rings. The molecule has 0 radical (unpaired) electrons. The SMILES string of the molecule is CCN1CCN(Cc2nnc(N)s2)C(=O)C1=O. The summed E-state index contributed by atoms with van der Waals surface area (Å²) >= 11 is 1.23. The van der Waals surface area contributed by atoms with Crippen molar-refractivity contribution in [2.24, 2.45) is 0 Å². The van der Waals surface area contributed by atoms with Crippen LogP contribution >= 0.6 is 11.3 Å². The average molecular weight is 255 g/mol. The van der Waals surface area contributed by atoms with E-state index in [0.717, 1.165) is 0 Å². The number of nitrogens with zero attached hydrogens (tertiary/aromatic N) is 4. The molecule has 0 unspecified atom stereocenters. The highest BCUT2D eigenvalue weighted by Crippen LogP contribution is 2.15. The van der Waals surface area contributed by atoms with Crippen LogP contribution in [0.15, 0.2) is 0 Å². The second kappa shape index (κ2) is 4.66. The van der Waals surface area contributed by atoms with Gasteiger partial charge in [0.15, 0.2) is 0 Å². The van der Waals surface area contributed by atoms with Crippen LogP contribution < -0.4 is 5.73 Å². The van der Waals surface area contributed by atoms with Gasteiger partial charge in [0.05, 0.1) is 6.54 Å². The van der Waals surface area contributed by atoms with Gasteiger partial charge in [-0.3, -0.25) is 9.59 Å². The zero-order valence-electron chi connectivity index (χ0n) is 9.42. The molecule has 1 aliphatic rings. The number of anilines is 1. The summed E-state index contributed by atoms with van der Waals surface area (Å²) in [5.74, 6) is -0.928. The summed E-state index contributed by atoms with van der Waals surface area (Å²) < 4.78 is 0. The Balaban J connectivity index is 2.04. The summed E-state index contributed by atoms with van der Waals surface area (Å²) in [7, 11) is 0. The van der Waals surface area contributed by atoms with Crippen LogP contribution in [-0.4, -0.2) is 51.4 Å². The number of carbonyl (C=O) groups is 2. The predicted octanol–water partition coefficient (Wildman–Crippen LogP) is -0.689. The smallest absolute Gasteiger partial charge is 0.312 e. The number of aromatic nitrogens is 2. The molecule has 2 rings (SSSR count). The molecule has 7 nitrogen and oxygen atoms in total. The summed E-state index contributed by atoms with van der Waals surface area (Å²) in [5, 5.41) is 8.52. The van der Waals surface area contributed by atoms with E-state index in [1.165, 1.54) is 21.1 Å². The molecule has 2 heterocycles. The molecule has 1 aromatic heterocycles. The summed E-state index contributed by atoms with van der Waals surface area (Å²) in [6, 6.07) is 0. The third-order valence-electron chi connectivity index (χ3n) is 2.59. The van der Waals surface area contributed by atoms with Crippen molar-refractivity contribution in [2.75, 3.05) is 25.4 Å². The Morgan fingerprint density at radius 2 is 1.88 bits per heavy atom. The minimum absolute atomic E-state index is 0.303. The van der Waals surface area contributed by atoms with E-state index in [9.17, 15) is 9.59 Å². The number of rotatable bonds is 3. The van der Waals surface area contributed by atoms with E-state index in [1.54, 1.807) is 0 Å². The van der Waals surface area contributed by atoms with Gasteiger partial charge in [-0.1, -0.05) is 11.3 Å². The maximum atomic E-state index is 11.8. The van der Waals surface area contributed by atoms with Crippen LogP contribution in [0.4, 0.5) is 5.13 Å². The first-order valence-electron chi connectivity index (χ1n) is 5.28. The van der Waals surface area contributed by atoms with E-state index >= 15 is 0 Å². The van der Waals surface area contributed by atoms with Crippen LogP contribution in [0.2, 0.25) is 0 Å². The molecule has 1 fully saturated rings. The normalized spacial score (nSPS) is 16.8. The van der Waals surface area contributed by atoms with Crippen LogP contribution in [0.25, 0.3) is 0 Å². The standard InChI is InChI=1S/C9H13N5O2S/c1-2-13-3-4-14(8(16)7(13)15)5-6-11-12-9(10)17-6/h2-5H2,1H3,(H2,10,12). The molecule has 2 N–H and O–H groups in total. The molecular formula is C9H13N5O2S. The van der Waals surface area contributed by atoms with Crippen molar-refractivity contribution in [3.63, 3.8) is 0 Å². The third kappa shape index (κ3) is 2.36. The Bertz CT molecular complexity index is 446. The van der Waals surface area contributed by atoms with Gasteiger partial charge in [-0.2, -0.15) is 0 Å². The molecule has 0 aliphatic carbocycles. The molecular weight excluding hydrogens is 242 g/mol. The molecule has 0 bridgehead atoms. The Kier molecular flexibility index (Phi) is 3.23. The Labute approximate surface area is 102 Å². The molecule has 1 aliphatic heterocycles. The monoisotopic (exact) mass is 255 g/mol. The Morgan fingerprint density at radius 1 is 1.24 bits per heavy atom. The van der Waals surface area contributed by atoms with Crippen LogP contribution in [0.3, 0.4) is 0 Å². The summed E-state index contributed by atoms with van der Waals surface area (Å²) in [5.41, 5.74) is 5.46. The highest BCUT2D eigenvalue weighted by molar-refractivity contribution is 7.15. The number of piperazine rings is 1. The van der Waals surface area contributed by atoms with Gasteiger partial charge in [0.1, 0.15) is 5.01 Å². The molecule has 0 aromatic carbocycles. The Morgan fingerprint density at radius 3 is 2.47 bits per heavy atom. The van der Waals surface area contributed by atoms with E-state index in [4.69, 9.17) is 5.73 Å². The van der Waals surface area contributed by atoms with E-state index < -0.39 is 11.8 Å². The Hall–Kier alpha value is -1.70. The van der Waals surface area contributed by atoms with Gasteiger partial charge in [-0.15, -0.1) is 10.2 Å². The number of hydrogen-bond donors (Lipinski definition) is 1. The first-order valence-corrected chi connectivity index (χ1v) is 6.09. The fraction of sp³-hybridized carbons (Fsp3) is 0.556. The van der Waals surface area contributed by atoms with E-state index in [2.05, 4.69) is 10.2 Å². The van der Waals surface area contributed by atoms with Crippen LogP contribution in [0.5, 0.6) is 0 Å². The van der Waals surface area contributed by atoms with Crippen molar-refractivity contribution in [2.45, 2.75) is 13.5 Å². The number of amides is 2. The van der Waals surface area contributed by atoms with Gasteiger partial charge in [0.25, 0.3) is 0 Å². The maximum Gasteiger partial charge on any atom is 0.312 e. The minimum atomic E-state index is -0.480. The lowest BCUT2D eigenvalue weighted by atomic mass is 10.3. The van der Waals surface area contributed by atoms with Crippen molar-refractivity contribution in [1.29, 1.82) is 0 Å². The second-order valence-electron chi connectivity index (χ2n) is 3.65. The fourth-order valence-electron chi connectivity index (χ4n) is 1.66. The van der Waals surface area contributed by atoms with Crippen molar-refractivity contribution in [3.05, 3.63) is 5.01 Å². The molecule has 8 heteroatoms. The highest BCUT2D eigenvalue weighted by Gasteiger charge is 2.31. The number of carbonyl (C=O) groups excluding carboxylic acids is 2. The second-order valence-corrected chi connectivity index (χ2v) is 4.74. The zero-order valence-corrected chi connectivity index (χ0v) is 10.2. The lowest BCUT2D eigenvalue weighted by Crippen LogP contribution is -2.53. The molecule has 1 saturated heterocycles. The van der Waals surface area contributed by atoms with Gasteiger partial charge in [0, 0.05) is 19.6 Å². The van der Waals surface area contributed by atoms with E-state index in [0.29, 0.717) is 36.3 Å². The molecule has 0 spiro atoms. The van der Waals surface area contributed by atoms with E-state index in [1.807, 2.05) is 6.92 Å². The maximum absolute atomic E-state index is 11.8. The molecule has 2 amide bonds. The van der Waals surface area contributed by atoms with Gasteiger partial charge in [-0.05, 0) is 6.92 Å². The van der Waals surface area contributed by atoms with Gasteiger partial charge in [0.2, 0.25) is 5.13 Å². The summed E-state index contributed by atoms with van der Waals surface area (Å²) in [6.07, 6.45) is 0. The zero-order chi connectivity index (χ0) is 12.4. The van der Waals surface area contributed by atoms with Crippen LogP contribution in [0, 0.1) is 0 Å². The highest BCUT2D eigenvalue weighted by atomic mass is 32.1. The van der Waals surface area contributed by atoms with E-state index in [-0.39, 0.29) is 0 Å². The van der Waals surface area contributed by atoms with Crippen molar-refractivity contribution in [1.82, 2.24) is 20.0 Å². The number of nitrogens with two attached hydrogens (primary N) is 1. The topological polar surface area (TPSA) is 92.4 Å². The van der Waals surface area contributed by atoms with Crippen LogP contribution in [0.1, 0.15) is 11.9 Å².